The quantitative estimate of drug-likeness (QED) is 0.430. The molecule has 0 spiro atoms. The van der Waals surface area contributed by atoms with Crippen LogP contribution in [0.4, 0.5) is 18.9 Å². The third-order valence-corrected chi connectivity index (χ3v) is 6.94. The molecule has 0 radical (unpaired) electrons. The van der Waals surface area contributed by atoms with Crippen molar-refractivity contribution >= 4 is 5.69 Å². The van der Waals surface area contributed by atoms with Crippen LogP contribution in [0.3, 0.4) is 0 Å². The predicted octanol–water partition coefficient (Wildman–Crippen LogP) is 4.75. The molecule has 0 unspecified atom stereocenters. The van der Waals surface area contributed by atoms with Gasteiger partial charge in [0, 0.05) is 7.05 Å². The van der Waals surface area contributed by atoms with Gasteiger partial charge >= 0.3 is 6.18 Å². The zero-order valence-corrected chi connectivity index (χ0v) is 20.0. The lowest BCUT2D eigenvalue weighted by molar-refractivity contribution is -0.137. The molecular weight excluding hydrogens is 471 g/mol. The van der Waals surface area contributed by atoms with Crippen molar-refractivity contribution in [2.45, 2.75) is 50.7 Å². The van der Waals surface area contributed by atoms with E-state index in [1.807, 2.05) is 44.3 Å². The standard InChI is InChI=1S/C25H26F3N7O/c1-17-21(22(36)35(33(17)2)19-11-5-3-6-12-19)29-24(14-7-4-8-15-24)23-30-31-32-34(23)20-13-9-10-18(16-20)25(26,27)28/h3,5-6,9-13,16,29H,4,7-8,14-15H2,1-2H3. The molecule has 188 valence electrons. The van der Waals surface area contributed by atoms with Gasteiger partial charge in [0.15, 0.2) is 5.82 Å². The van der Waals surface area contributed by atoms with E-state index in [1.54, 1.807) is 15.4 Å². The van der Waals surface area contributed by atoms with Crippen LogP contribution in [0.25, 0.3) is 11.4 Å². The molecule has 0 saturated heterocycles. The molecule has 2 heterocycles. The number of aromatic nitrogens is 6. The highest BCUT2D eigenvalue weighted by molar-refractivity contribution is 5.52. The minimum Gasteiger partial charge on any atom is -0.367 e. The summed E-state index contributed by atoms with van der Waals surface area (Å²) in [5.41, 5.74) is 0.265. The smallest absolute Gasteiger partial charge is 0.367 e. The Balaban J connectivity index is 1.61. The molecule has 0 amide bonds. The van der Waals surface area contributed by atoms with Gasteiger partial charge in [-0.05, 0) is 60.5 Å². The van der Waals surface area contributed by atoms with E-state index in [9.17, 15) is 18.0 Å². The Kier molecular flexibility index (Phi) is 5.93. The third kappa shape index (κ3) is 4.08. The number of nitrogens with one attached hydrogen (secondary N) is 1. The number of alkyl halides is 3. The monoisotopic (exact) mass is 497 g/mol. The molecule has 2 aromatic heterocycles. The molecule has 36 heavy (non-hydrogen) atoms. The lowest BCUT2D eigenvalue weighted by Crippen LogP contribution is -2.41. The third-order valence-electron chi connectivity index (χ3n) is 6.94. The van der Waals surface area contributed by atoms with E-state index in [0.29, 0.717) is 24.4 Å². The second-order valence-electron chi connectivity index (χ2n) is 9.17. The number of nitrogens with zero attached hydrogens (tertiary/aromatic N) is 6. The number of rotatable bonds is 5. The van der Waals surface area contributed by atoms with Crippen molar-refractivity contribution < 1.29 is 13.2 Å². The summed E-state index contributed by atoms with van der Waals surface area (Å²) in [5, 5.41) is 15.6. The van der Waals surface area contributed by atoms with Crippen molar-refractivity contribution in [3.63, 3.8) is 0 Å². The number of halogens is 3. The minimum absolute atomic E-state index is 0.211. The Morgan fingerprint density at radius 2 is 1.67 bits per heavy atom. The van der Waals surface area contributed by atoms with Crippen molar-refractivity contribution in [3.05, 3.63) is 82.0 Å². The molecule has 1 N–H and O–H groups in total. The maximum Gasteiger partial charge on any atom is 0.416 e. The Morgan fingerprint density at radius 3 is 2.36 bits per heavy atom. The molecular formula is C25H26F3N7O. The SMILES string of the molecule is Cc1c(NC2(c3nnnn3-c3cccc(C(F)(F)F)c3)CCCCC2)c(=O)n(-c2ccccc2)n1C. The van der Waals surface area contributed by atoms with E-state index in [4.69, 9.17) is 0 Å². The van der Waals surface area contributed by atoms with Crippen LogP contribution in [0.1, 0.15) is 49.2 Å². The molecule has 0 atom stereocenters. The largest absolute Gasteiger partial charge is 0.416 e. The first-order chi connectivity index (χ1) is 17.2. The average molecular weight is 498 g/mol. The van der Waals surface area contributed by atoms with Crippen molar-refractivity contribution in [1.29, 1.82) is 0 Å². The topological polar surface area (TPSA) is 82.6 Å². The summed E-state index contributed by atoms with van der Waals surface area (Å²) in [6, 6.07) is 14.3. The molecule has 5 rings (SSSR count). The van der Waals surface area contributed by atoms with Crippen LogP contribution < -0.4 is 10.9 Å². The Morgan fingerprint density at radius 1 is 0.972 bits per heavy atom. The maximum absolute atomic E-state index is 13.6. The minimum atomic E-state index is -4.49. The van der Waals surface area contributed by atoms with E-state index in [-0.39, 0.29) is 11.2 Å². The first kappa shape index (κ1) is 23.8. The molecule has 1 aliphatic carbocycles. The molecule has 8 nitrogen and oxygen atoms in total. The first-order valence-corrected chi connectivity index (χ1v) is 11.8. The summed E-state index contributed by atoms with van der Waals surface area (Å²) in [7, 11) is 1.81. The number of hydrogen-bond donors (Lipinski definition) is 1. The van der Waals surface area contributed by atoms with Crippen molar-refractivity contribution in [1.82, 2.24) is 29.6 Å². The lowest BCUT2D eigenvalue weighted by Gasteiger charge is -2.37. The second kappa shape index (κ2) is 8.96. The summed E-state index contributed by atoms with van der Waals surface area (Å²) < 4.78 is 44.9. The molecule has 0 aliphatic heterocycles. The molecule has 1 aliphatic rings. The predicted molar refractivity (Wildman–Crippen MR) is 128 cm³/mol. The van der Waals surface area contributed by atoms with Crippen molar-refractivity contribution in [2.75, 3.05) is 5.32 Å². The van der Waals surface area contributed by atoms with Gasteiger partial charge in [-0.1, -0.05) is 43.5 Å². The fourth-order valence-corrected chi connectivity index (χ4v) is 4.98. The van der Waals surface area contributed by atoms with Crippen LogP contribution in [0, 0.1) is 6.92 Å². The fourth-order valence-electron chi connectivity index (χ4n) is 4.98. The van der Waals surface area contributed by atoms with E-state index in [2.05, 4.69) is 20.8 Å². The fraction of sp³-hybridized carbons (Fsp3) is 0.360. The van der Waals surface area contributed by atoms with Gasteiger partial charge in [0.25, 0.3) is 5.56 Å². The summed E-state index contributed by atoms with van der Waals surface area (Å²) in [6.07, 6.45) is -0.496. The maximum atomic E-state index is 13.6. The van der Waals surface area contributed by atoms with Gasteiger partial charge < -0.3 is 5.32 Å². The zero-order valence-electron chi connectivity index (χ0n) is 20.0. The van der Waals surface area contributed by atoms with Crippen LogP contribution in [0.15, 0.2) is 59.4 Å². The summed E-state index contributed by atoms with van der Waals surface area (Å²) >= 11 is 0. The summed E-state index contributed by atoms with van der Waals surface area (Å²) in [4.78, 5) is 13.6. The van der Waals surface area contributed by atoms with Crippen LogP contribution in [0.2, 0.25) is 0 Å². The lowest BCUT2D eigenvalue weighted by atomic mass is 9.80. The molecule has 11 heteroatoms. The van der Waals surface area contributed by atoms with E-state index in [0.717, 1.165) is 42.8 Å². The van der Waals surface area contributed by atoms with Crippen LogP contribution in [0.5, 0.6) is 0 Å². The Hall–Kier alpha value is -3.89. The Bertz CT molecular complexity index is 1430. The molecule has 4 aromatic rings. The van der Waals surface area contributed by atoms with Crippen LogP contribution in [-0.2, 0) is 18.8 Å². The molecule has 0 bridgehead atoms. The number of tetrazole rings is 1. The highest BCUT2D eigenvalue weighted by Gasteiger charge is 2.41. The van der Waals surface area contributed by atoms with Gasteiger partial charge in [0.05, 0.1) is 28.2 Å². The number of anilines is 1. The normalized spacial score (nSPS) is 15.7. The first-order valence-electron chi connectivity index (χ1n) is 11.8. The van der Waals surface area contributed by atoms with E-state index >= 15 is 0 Å². The molecule has 2 aromatic carbocycles. The highest BCUT2D eigenvalue weighted by Crippen LogP contribution is 2.40. The van der Waals surface area contributed by atoms with Crippen molar-refractivity contribution in [3.8, 4) is 11.4 Å². The van der Waals surface area contributed by atoms with Gasteiger partial charge in [0.1, 0.15) is 5.69 Å². The van der Waals surface area contributed by atoms with Crippen LogP contribution >= 0.6 is 0 Å². The average Bonchev–Trinajstić information content (AvgIpc) is 3.45. The number of hydrogen-bond acceptors (Lipinski definition) is 5. The van der Waals surface area contributed by atoms with Crippen molar-refractivity contribution in [2.24, 2.45) is 7.05 Å². The number of benzene rings is 2. The molecule has 1 fully saturated rings. The highest BCUT2D eigenvalue weighted by atomic mass is 19.4. The van der Waals surface area contributed by atoms with Gasteiger partial charge in [-0.15, -0.1) is 5.10 Å². The van der Waals surface area contributed by atoms with Gasteiger partial charge in [-0.2, -0.15) is 17.9 Å². The van der Waals surface area contributed by atoms with Crippen LogP contribution in [-0.4, -0.2) is 29.6 Å². The Labute approximate surface area is 205 Å². The van der Waals surface area contributed by atoms with E-state index in [1.165, 1.54) is 10.7 Å². The van der Waals surface area contributed by atoms with E-state index < -0.39 is 17.3 Å². The zero-order chi connectivity index (χ0) is 25.5. The van der Waals surface area contributed by atoms with Gasteiger partial charge in [0.2, 0.25) is 0 Å². The summed E-state index contributed by atoms with van der Waals surface area (Å²) in [6.45, 7) is 1.86. The summed E-state index contributed by atoms with van der Waals surface area (Å²) in [5.74, 6) is 0.385. The molecule has 1 saturated carbocycles. The van der Waals surface area contributed by atoms with Gasteiger partial charge in [-0.25, -0.2) is 4.68 Å². The van der Waals surface area contributed by atoms with Gasteiger partial charge in [-0.3, -0.25) is 9.48 Å². The number of para-hydroxylation sites is 1. The second-order valence-corrected chi connectivity index (χ2v) is 9.17.